The lowest BCUT2D eigenvalue weighted by molar-refractivity contribution is 0.102. The molecule has 1 aliphatic rings. The third-order valence-corrected chi connectivity index (χ3v) is 4.99. The van der Waals surface area contributed by atoms with Crippen molar-refractivity contribution in [3.8, 4) is 0 Å². The SMILES string of the molecule is O=C(Nc1c(Cl)cccc1Cl)c1cncc(NCCC2=CCCCC2)c1. The van der Waals surface area contributed by atoms with Crippen LogP contribution in [0.5, 0.6) is 0 Å². The number of nitrogens with one attached hydrogen (secondary N) is 2. The maximum absolute atomic E-state index is 12.5. The van der Waals surface area contributed by atoms with Crippen molar-refractivity contribution in [1.29, 1.82) is 0 Å². The van der Waals surface area contributed by atoms with Gasteiger partial charge in [0.1, 0.15) is 0 Å². The second-order valence-corrected chi connectivity index (χ2v) is 7.11. The minimum Gasteiger partial charge on any atom is -0.383 e. The normalized spacial score (nSPS) is 13.8. The molecule has 2 aromatic rings. The van der Waals surface area contributed by atoms with E-state index in [1.807, 2.05) is 0 Å². The molecule has 0 saturated heterocycles. The van der Waals surface area contributed by atoms with Crippen LogP contribution in [0.15, 0.2) is 48.3 Å². The van der Waals surface area contributed by atoms with Crippen molar-refractivity contribution >= 4 is 40.5 Å². The molecule has 1 aromatic heterocycles. The Kier molecular flexibility index (Phi) is 6.53. The van der Waals surface area contributed by atoms with Crippen LogP contribution in [0.3, 0.4) is 0 Å². The van der Waals surface area contributed by atoms with Crippen LogP contribution in [0, 0.1) is 0 Å². The summed E-state index contributed by atoms with van der Waals surface area (Å²) in [5.41, 5.74) is 3.18. The second kappa shape index (κ2) is 9.06. The summed E-state index contributed by atoms with van der Waals surface area (Å²) in [5, 5.41) is 6.88. The molecule has 0 aliphatic heterocycles. The fraction of sp³-hybridized carbons (Fsp3) is 0.300. The number of carbonyl (C=O) groups is 1. The highest BCUT2D eigenvalue weighted by Crippen LogP contribution is 2.30. The zero-order valence-corrected chi connectivity index (χ0v) is 15.9. The average molecular weight is 390 g/mol. The van der Waals surface area contributed by atoms with Crippen molar-refractivity contribution in [1.82, 2.24) is 4.98 Å². The van der Waals surface area contributed by atoms with E-state index in [0.29, 0.717) is 21.3 Å². The van der Waals surface area contributed by atoms with Crippen molar-refractivity contribution < 1.29 is 4.79 Å². The number of amides is 1. The van der Waals surface area contributed by atoms with Crippen LogP contribution >= 0.6 is 23.2 Å². The first-order valence-electron chi connectivity index (χ1n) is 8.75. The van der Waals surface area contributed by atoms with Gasteiger partial charge in [-0.2, -0.15) is 0 Å². The number of allylic oxidation sites excluding steroid dienone is 1. The van der Waals surface area contributed by atoms with E-state index in [-0.39, 0.29) is 5.91 Å². The van der Waals surface area contributed by atoms with Crippen LogP contribution in [0.2, 0.25) is 10.0 Å². The Morgan fingerprint density at radius 1 is 1.15 bits per heavy atom. The van der Waals surface area contributed by atoms with Crippen LogP contribution in [0.4, 0.5) is 11.4 Å². The van der Waals surface area contributed by atoms with Crippen LogP contribution < -0.4 is 10.6 Å². The number of rotatable bonds is 6. The molecular formula is C20H21Cl2N3O. The number of benzene rings is 1. The van der Waals surface area contributed by atoms with Gasteiger partial charge in [0.05, 0.1) is 27.0 Å². The summed E-state index contributed by atoms with van der Waals surface area (Å²) in [5.74, 6) is -0.300. The smallest absolute Gasteiger partial charge is 0.257 e. The highest BCUT2D eigenvalue weighted by Gasteiger charge is 2.12. The Morgan fingerprint density at radius 2 is 1.96 bits per heavy atom. The molecule has 1 aliphatic carbocycles. The molecule has 3 rings (SSSR count). The third kappa shape index (κ3) is 4.99. The number of halogens is 2. The number of para-hydroxylation sites is 1. The summed E-state index contributed by atoms with van der Waals surface area (Å²) in [7, 11) is 0. The van der Waals surface area contributed by atoms with Gasteiger partial charge in [-0.15, -0.1) is 0 Å². The number of pyridine rings is 1. The molecule has 0 atom stereocenters. The Balaban J connectivity index is 1.61. The molecule has 4 nitrogen and oxygen atoms in total. The molecule has 0 spiro atoms. The van der Waals surface area contributed by atoms with Crippen molar-refractivity contribution in [3.05, 3.63) is 63.9 Å². The lowest BCUT2D eigenvalue weighted by atomic mass is 9.97. The summed E-state index contributed by atoms with van der Waals surface area (Å²) in [6.45, 7) is 0.828. The lowest BCUT2D eigenvalue weighted by Gasteiger charge is -2.14. The van der Waals surface area contributed by atoms with E-state index in [1.54, 1.807) is 30.5 Å². The minimum absolute atomic E-state index is 0.300. The summed E-state index contributed by atoms with van der Waals surface area (Å²) in [4.78, 5) is 16.6. The monoisotopic (exact) mass is 389 g/mol. The topological polar surface area (TPSA) is 54.0 Å². The van der Waals surface area contributed by atoms with Crippen molar-refractivity contribution in [2.45, 2.75) is 32.1 Å². The number of nitrogens with zero attached hydrogens (tertiary/aromatic N) is 1. The summed E-state index contributed by atoms with van der Waals surface area (Å²) in [6.07, 6.45) is 11.6. The van der Waals surface area contributed by atoms with Gasteiger partial charge in [-0.25, -0.2) is 0 Å². The molecule has 26 heavy (non-hydrogen) atoms. The molecule has 6 heteroatoms. The number of hydrogen-bond acceptors (Lipinski definition) is 3. The van der Waals surface area contributed by atoms with Crippen LogP contribution in [-0.4, -0.2) is 17.4 Å². The molecule has 0 fully saturated rings. The van der Waals surface area contributed by atoms with Gasteiger partial charge in [-0.1, -0.05) is 40.9 Å². The van der Waals surface area contributed by atoms with Gasteiger partial charge in [0.15, 0.2) is 0 Å². The number of aromatic nitrogens is 1. The van der Waals surface area contributed by atoms with Crippen LogP contribution in [0.1, 0.15) is 42.5 Å². The molecule has 0 bridgehead atoms. The Labute approximate surface area is 163 Å². The van der Waals surface area contributed by atoms with Crippen molar-refractivity contribution in [2.24, 2.45) is 0 Å². The highest BCUT2D eigenvalue weighted by molar-refractivity contribution is 6.40. The standard InChI is InChI=1S/C20H21Cl2N3O/c21-17-7-4-8-18(22)19(17)25-20(26)15-11-16(13-23-12-15)24-10-9-14-5-2-1-3-6-14/h4-5,7-8,11-13,24H,1-3,6,9-10H2,(H,25,26). The summed E-state index contributed by atoms with van der Waals surface area (Å²) in [6, 6.07) is 6.87. The lowest BCUT2D eigenvalue weighted by Crippen LogP contribution is -2.13. The van der Waals surface area contributed by atoms with Crippen LogP contribution in [-0.2, 0) is 0 Å². The van der Waals surface area contributed by atoms with Gasteiger partial charge in [0.25, 0.3) is 5.91 Å². The molecule has 0 unspecified atom stereocenters. The number of anilines is 2. The van der Waals surface area contributed by atoms with Gasteiger partial charge >= 0.3 is 0 Å². The number of hydrogen-bond donors (Lipinski definition) is 2. The van der Waals surface area contributed by atoms with Gasteiger partial charge in [0, 0.05) is 18.9 Å². The predicted octanol–water partition coefficient (Wildman–Crippen LogP) is 5.94. The van der Waals surface area contributed by atoms with Gasteiger partial charge in [-0.05, 0) is 50.3 Å². The molecule has 1 heterocycles. The average Bonchev–Trinajstić information content (AvgIpc) is 2.66. The first-order valence-corrected chi connectivity index (χ1v) is 9.51. The summed E-state index contributed by atoms with van der Waals surface area (Å²) < 4.78 is 0. The first-order chi connectivity index (χ1) is 12.6. The van der Waals surface area contributed by atoms with Crippen molar-refractivity contribution in [3.63, 3.8) is 0 Å². The zero-order valence-electron chi connectivity index (χ0n) is 14.4. The van der Waals surface area contributed by atoms with E-state index in [1.165, 1.54) is 37.5 Å². The molecule has 0 saturated carbocycles. The van der Waals surface area contributed by atoms with E-state index in [0.717, 1.165) is 18.7 Å². The molecule has 2 N–H and O–H groups in total. The largest absolute Gasteiger partial charge is 0.383 e. The maximum Gasteiger partial charge on any atom is 0.257 e. The van der Waals surface area contributed by atoms with E-state index < -0.39 is 0 Å². The Morgan fingerprint density at radius 3 is 2.69 bits per heavy atom. The Bertz CT molecular complexity index is 800. The van der Waals surface area contributed by atoms with E-state index in [4.69, 9.17) is 23.2 Å². The highest BCUT2D eigenvalue weighted by atomic mass is 35.5. The van der Waals surface area contributed by atoms with Crippen LogP contribution in [0.25, 0.3) is 0 Å². The van der Waals surface area contributed by atoms with E-state index in [2.05, 4.69) is 21.7 Å². The quantitative estimate of drug-likeness (QED) is 0.600. The second-order valence-electron chi connectivity index (χ2n) is 6.30. The minimum atomic E-state index is -0.300. The van der Waals surface area contributed by atoms with Gasteiger partial charge in [0.2, 0.25) is 0 Å². The fourth-order valence-corrected chi connectivity index (χ4v) is 3.45. The third-order valence-electron chi connectivity index (χ3n) is 4.36. The van der Waals surface area contributed by atoms with Gasteiger partial charge < -0.3 is 10.6 Å². The van der Waals surface area contributed by atoms with E-state index in [9.17, 15) is 4.79 Å². The molecule has 1 amide bonds. The molecule has 0 radical (unpaired) electrons. The fourth-order valence-electron chi connectivity index (χ4n) is 2.96. The van der Waals surface area contributed by atoms with Gasteiger partial charge in [-0.3, -0.25) is 9.78 Å². The molecule has 136 valence electrons. The zero-order chi connectivity index (χ0) is 18.4. The van der Waals surface area contributed by atoms with Crippen molar-refractivity contribution in [2.75, 3.05) is 17.2 Å². The maximum atomic E-state index is 12.5. The Hall–Kier alpha value is -2.04. The summed E-state index contributed by atoms with van der Waals surface area (Å²) >= 11 is 12.2. The van der Waals surface area contributed by atoms with E-state index >= 15 is 0 Å². The molecule has 1 aromatic carbocycles. The predicted molar refractivity (Wildman–Crippen MR) is 108 cm³/mol. The first kappa shape index (κ1) is 18.7. The molecular weight excluding hydrogens is 369 g/mol. The number of carbonyl (C=O) groups excluding carboxylic acids is 1.